The first kappa shape index (κ1) is 16.9. The molecule has 1 aliphatic rings. The first-order chi connectivity index (χ1) is 10.6. The second kappa shape index (κ2) is 8.28. The van der Waals surface area contributed by atoms with Crippen LogP contribution < -0.4 is 11.1 Å². The summed E-state index contributed by atoms with van der Waals surface area (Å²) in [4.78, 5) is 12.4. The first-order valence-electron chi connectivity index (χ1n) is 8.35. The topological polar surface area (TPSA) is 55.1 Å². The van der Waals surface area contributed by atoms with Gasteiger partial charge in [0.2, 0.25) is 0 Å². The zero-order valence-corrected chi connectivity index (χ0v) is 13.4. The molecule has 0 aliphatic heterocycles. The van der Waals surface area contributed by atoms with Crippen molar-refractivity contribution in [3.63, 3.8) is 0 Å². The van der Waals surface area contributed by atoms with Crippen LogP contribution in [0.1, 0.15) is 45.4 Å². The Hall–Kier alpha value is -1.42. The van der Waals surface area contributed by atoms with Crippen LogP contribution >= 0.6 is 0 Å². The Labute approximate surface area is 132 Å². The fourth-order valence-corrected chi connectivity index (χ4v) is 3.23. The van der Waals surface area contributed by atoms with Gasteiger partial charge >= 0.3 is 0 Å². The summed E-state index contributed by atoms with van der Waals surface area (Å²) in [7, 11) is 0. The lowest BCUT2D eigenvalue weighted by atomic mass is 9.83. The molecule has 0 bridgehead atoms. The molecule has 0 heterocycles. The van der Waals surface area contributed by atoms with Crippen LogP contribution in [0.3, 0.4) is 0 Å². The highest BCUT2D eigenvalue weighted by Gasteiger charge is 2.24. The van der Waals surface area contributed by atoms with E-state index < -0.39 is 0 Å². The summed E-state index contributed by atoms with van der Waals surface area (Å²) in [5.41, 5.74) is 6.80. The average Bonchev–Trinajstić information content (AvgIpc) is 2.53. The molecule has 0 spiro atoms. The number of nitrogens with one attached hydrogen (secondary N) is 1. The Morgan fingerprint density at radius 2 is 2.09 bits per heavy atom. The van der Waals surface area contributed by atoms with E-state index >= 15 is 0 Å². The molecule has 122 valence electrons. The van der Waals surface area contributed by atoms with E-state index in [-0.39, 0.29) is 23.6 Å². The highest BCUT2D eigenvalue weighted by atomic mass is 19.1. The zero-order valence-electron chi connectivity index (χ0n) is 13.4. The van der Waals surface area contributed by atoms with Gasteiger partial charge in [0.25, 0.3) is 0 Å². The molecule has 0 radical (unpaired) electrons. The van der Waals surface area contributed by atoms with Crippen LogP contribution in [0.4, 0.5) is 10.1 Å². The number of hydrogen-bond donors (Lipinski definition) is 2. The van der Waals surface area contributed by atoms with Crippen LogP contribution in [0, 0.1) is 17.7 Å². The van der Waals surface area contributed by atoms with Gasteiger partial charge in [0, 0.05) is 18.2 Å². The Kier molecular flexibility index (Phi) is 6.37. The second-order valence-electron chi connectivity index (χ2n) is 6.54. The van der Waals surface area contributed by atoms with Crippen LogP contribution in [-0.4, -0.2) is 18.4 Å². The van der Waals surface area contributed by atoms with Gasteiger partial charge in [-0.2, -0.15) is 0 Å². The molecule has 1 aromatic carbocycles. The van der Waals surface area contributed by atoms with Crippen molar-refractivity contribution in [2.75, 3.05) is 11.9 Å². The number of carbonyl (C=O) groups excluding carboxylic acids is 1. The van der Waals surface area contributed by atoms with Crippen LogP contribution in [0.2, 0.25) is 0 Å². The van der Waals surface area contributed by atoms with Gasteiger partial charge < -0.3 is 11.1 Å². The summed E-state index contributed by atoms with van der Waals surface area (Å²) in [6.45, 7) is 2.37. The van der Waals surface area contributed by atoms with Crippen molar-refractivity contribution in [3.05, 3.63) is 30.1 Å². The molecular formula is C18H27FN2O. The van der Waals surface area contributed by atoms with Gasteiger partial charge in [-0.1, -0.05) is 45.1 Å². The number of carbonyl (C=O) groups is 1. The van der Waals surface area contributed by atoms with Gasteiger partial charge in [-0.3, -0.25) is 4.79 Å². The molecule has 0 unspecified atom stereocenters. The minimum Gasteiger partial charge on any atom is -0.384 e. The summed E-state index contributed by atoms with van der Waals surface area (Å²) in [5.74, 6) is 0.269. The lowest BCUT2D eigenvalue weighted by Gasteiger charge is -2.25. The number of ketones is 1. The summed E-state index contributed by atoms with van der Waals surface area (Å²) >= 11 is 0. The smallest absolute Gasteiger partial charge is 0.154 e. The van der Waals surface area contributed by atoms with E-state index in [2.05, 4.69) is 5.32 Å². The van der Waals surface area contributed by atoms with Gasteiger partial charge in [0.05, 0.1) is 6.04 Å². The Morgan fingerprint density at radius 1 is 1.36 bits per heavy atom. The second-order valence-corrected chi connectivity index (χ2v) is 6.54. The van der Waals surface area contributed by atoms with Crippen LogP contribution in [0.5, 0.6) is 0 Å². The maximum absolute atomic E-state index is 13.1. The molecule has 1 aliphatic carbocycles. The van der Waals surface area contributed by atoms with Crippen molar-refractivity contribution in [3.8, 4) is 0 Å². The van der Waals surface area contributed by atoms with E-state index in [9.17, 15) is 9.18 Å². The van der Waals surface area contributed by atoms with Crippen molar-refractivity contribution < 1.29 is 9.18 Å². The van der Waals surface area contributed by atoms with Crippen molar-refractivity contribution in [2.24, 2.45) is 17.6 Å². The van der Waals surface area contributed by atoms with Crippen molar-refractivity contribution in [2.45, 2.75) is 51.5 Å². The maximum Gasteiger partial charge on any atom is 0.154 e. The van der Waals surface area contributed by atoms with E-state index in [1.165, 1.54) is 44.2 Å². The summed E-state index contributed by atoms with van der Waals surface area (Å²) in [6, 6.07) is 5.91. The van der Waals surface area contributed by atoms with Crippen molar-refractivity contribution in [1.82, 2.24) is 0 Å². The Balaban J connectivity index is 1.77. The van der Waals surface area contributed by atoms with Crippen LogP contribution in [0.25, 0.3) is 0 Å². The van der Waals surface area contributed by atoms with Gasteiger partial charge in [-0.25, -0.2) is 4.39 Å². The fraction of sp³-hybridized carbons (Fsp3) is 0.611. The molecule has 2 rings (SSSR count). The van der Waals surface area contributed by atoms with Gasteiger partial charge in [0.1, 0.15) is 5.82 Å². The SMILES string of the molecule is C[C@@H](CNc1cccc(F)c1)C(=O)[C@@H](N)CC1CCCCC1. The van der Waals surface area contributed by atoms with E-state index in [0.717, 1.165) is 6.42 Å². The number of anilines is 1. The van der Waals surface area contributed by atoms with E-state index in [1.54, 1.807) is 12.1 Å². The molecule has 3 nitrogen and oxygen atoms in total. The van der Waals surface area contributed by atoms with Gasteiger partial charge in [-0.15, -0.1) is 0 Å². The predicted molar refractivity (Wildman–Crippen MR) is 88.2 cm³/mol. The third kappa shape index (κ3) is 5.09. The zero-order chi connectivity index (χ0) is 15.9. The molecule has 1 aromatic rings. The molecule has 1 fully saturated rings. The van der Waals surface area contributed by atoms with Crippen molar-refractivity contribution in [1.29, 1.82) is 0 Å². The highest BCUT2D eigenvalue weighted by molar-refractivity contribution is 5.86. The van der Waals surface area contributed by atoms with Crippen LogP contribution in [-0.2, 0) is 4.79 Å². The molecule has 0 saturated heterocycles. The molecule has 3 N–H and O–H groups in total. The quantitative estimate of drug-likeness (QED) is 0.807. The predicted octanol–water partition coefficient (Wildman–Crippen LogP) is 3.74. The third-order valence-corrected chi connectivity index (χ3v) is 4.60. The number of benzene rings is 1. The molecule has 22 heavy (non-hydrogen) atoms. The monoisotopic (exact) mass is 306 g/mol. The average molecular weight is 306 g/mol. The summed E-state index contributed by atoms with van der Waals surface area (Å²) < 4.78 is 13.1. The normalized spacial score (nSPS) is 18.7. The number of nitrogens with two attached hydrogens (primary N) is 1. The molecule has 0 amide bonds. The fourth-order valence-electron chi connectivity index (χ4n) is 3.23. The Morgan fingerprint density at radius 3 is 2.77 bits per heavy atom. The number of halogens is 1. The molecule has 0 aromatic heterocycles. The lowest BCUT2D eigenvalue weighted by Crippen LogP contribution is -2.38. The number of hydrogen-bond acceptors (Lipinski definition) is 3. The van der Waals surface area contributed by atoms with Gasteiger partial charge in [-0.05, 0) is 30.5 Å². The van der Waals surface area contributed by atoms with E-state index in [0.29, 0.717) is 18.2 Å². The lowest BCUT2D eigenvalue weighted by molar-refractivity contribution is -0.123. The first-order valence-corrected chi connectivity index (χ1v) is 8.35. The maximum atomic E-state index is 13.1. The molecule has 1 saturated carbocycles. The molecule has 2 atom stereocenters. The number of Topliss-reactive ketones (excluding diaryl/α,β-unsaturated/α-hetero) is 1. The molecule has 4 heteroatoms. The minimum absolute atomic E-state index is 0.106. The van der Waals surface area contributed by atoms with Gasteiger partial charge in [0.15, 0.2) is 5.78 Å². The largest absolute Gasteiger partial charge is 0.384 e. The van der Waals surface area contributed by atoms with E-state index in [4.69, 9.17) is 5.73 Å². The third-order valence-electron chi connectivity index (χ3n) is 4.60. The standard InChI is InChI=1S/C18H27FN2O/c1-13(12-21-16-9-5-8-15(19)11-16)18(22)17(20)10-14-6-3-2-4-7-14/h5,8-9,11,13-14,17,21H,2-4,6-7,10,12,20H2,1H3/t13-,17-/m0/s1. The summed E-state index contributed by atoms with van der Waals surface area (Å²) in [6.07, 6.45) is 7.06. The summed E-state index contributed by atoms with van der Waals surface area (Å²) in [5, 5.41) is 3.11. The molecular weight excluding hydrogens is 279 g/mol. The number of rotatable bonds is 7. The van der Waals surface area contributed by atoms with Crippen LogP contribution in [0.15, 0.2) is 24.3 Å². The van der Waals surface area contributed by atoms with Crippen molar-refractivity contribution >= 4 is 11.5 Å². The van der Waals surface area contributed by atoms with E-state index in [1.807, 2.05) is 6.92 Å². The minimum atomic E-state index is -0.368. The Bertz CT molecular complexity index is 486. The highest BCUT2D eigenvalue weighted by Crippen LogP contribution is 2.27.